The van der Waals surface area contributed by atoms with Crippen LogP contribution in [0.3, 0.4) is 0 Å². The Morgan fingerprint density at radius 1 is 0.929 bits per heavy atom. The van der Waals surface area contributed by atoms with Crippen LogP contribution < -0.4 is 5.32 Å². The molecular formula is C22H27N3O3. The lowest BCUT2D eigenvalue weighted by molar-refractivity contribution is -0.147. The monoisotopic (exact) mass is 381 g/mol. The molecule has 2 amide bonds. The smallest absolute Gasteiger partial charge is 0.311 e. The van der Waals surface area contributed by atoms with Crippen LogP contribution >= 0.6 is 0 Å². The summed E-state index contributed by atoms with van der Waals surface area (Å²) in [5.74, 6) is -1.19. The number of piperazine rings is 1. The van der Waals surface area contributed by atoms with Gasteiger partial charge in [-0.1, -0.05) is 60.7 Å². The minimum absolute atomic E-state index is 0.0780. The van der Waals surface area contributed by atoms with Gasteiger partial charge in [0.15, 0.2) is 0 Å². The topological polar surface area (TPSA) is 72.9 Å². The first kappa shape index (κ1) is 20.0. The van der Waals surface area contributed by atoms with Crippen molar-refractivity contribution in [2.45, 2.75) is 19.1 Å². The highest BCUT2D eigenvalue weighted by Gasteiger charge is 2.30. The van der Waals surface area contributed by atoms with Crippen molar-refractivity contribution in [1.82, 2.24) is 15.1 Å². The number of amides is 2. The number of aliphatic hydroxyl groups is 1. The molecule has 6 heteroatoms. The maximum atomic E-state index is 12.3. The summed E-state index contributed by atoms with van der Waals surface area (Å²) in [7, 11) is 0. The number of hydrogen-bond donors (Lipinski definition) is 2. The van der Waals surface area contributed by atoms with Gasteiger partial charge in [-0.3, -0.25) is 14.5 Å². The summed E-state index contributed by atoms with van der Waals surface area (Å²) in [5, 5.41) is 11.7. The zero-order valence-corrected chi connectivity index (χ0v) is 16.1. The molecule has 0 aliphatic carbocycles. The maximum Gasteiger partial charge on any atom is 0.311 e. The average molecular weight is 381 g/mol. The fourth-order valence-corrected chi connectivity index (χ4v) is 3.53. The molecule has 148 valence electrons. The van der Waals surface area contributed by atoms with Crippen LogP contribution in [-0.2, 0) is 9.59 Å². The second-order valence-electron chi connectivity index (χ2n) is 7.11. The number of carbonyl (C=O) groups excluding carboxylic acids is 2. The highest BCUT2D eigenvalue weighted by molar-refractivity contribution is 6.35. The fourth-order valence-electron chi connectivity index (χ4n) is 3.53. The molecule has 1 saturated heterocycles. The quantitative estimate of drug-likeness (QED) is 0.769. The molecule has 0 radical (unpaired) electrons. The number of aliphatic hydroxyl groups excluding tert-OH is 1. The molecule has 0 bridgehead atoms. The molecule has 1 fully saturated rings. The van der Waals surface area contributed by atoms with E-state index in [9.17, 15) is 14.7 Å². The van der Waals surface area contributed by atoms with Crippen molar-refractivity contribution in [3.05, 3.63) is 71.8 Å². The van der Waals surface area contributed by atoms with Crippen molar-refractivity contribution in [2.75, 3.05) is 32.7 Å². The number of nitrogens with zero attached hydrogens (tertiary/aromatic N) is 2. The molecule has 6 nitrogen and oxygen atoms in total. The van der Waals surface area contributed by atoms with Gasteiger partial charge in [0.2, 0.25) is 0 Å². The van der Waals surface area contributed by atoms with Gasteiger partial charge < -0.3 is 15.3 Å². The predicted molar refractivity (Wildman–Crippen MR) is 108 cm³/mol. The minimum atomic E-state index is -0.675. The third-order valence-corrected chi connectivity index (χ3v) is 4.95. The largest absolute Gasteiger partial charge is 0.392 e. The van der Waals surface area contributed by atoms with Gasteiger partial charge in [-0.25, -0.2) is 0 Å². The highest BCUT2D eigenvalue weighted by atomic mass is 16.3. The summed E-state index contributed by atoms with van der Waals surface area (Å²) in [6.07, 6.45) is -0.675. The lowest BCUT2D eigenvalue weighted by Gasteiger charge is -2.39. The molecule has 0 saturated carbocycles. The third-order valence-electron chi connectivity index (χ3n) is 4.95. The molecule has 28 heavy (non-hydrogen) atoms. The second kappa shape index (κ2) is 9.48. The fraction of sp³-hybridized carbons (Fsp3) is 0.364. The van der Waals surface area contributed by atoms with E-state index in [2.05, 4.69) is 34.5 Å². The number of benzene rings is 2. The van der Waals surface area contributed by atoms with Crippen molar-refractivity contribution >= 4 is 11.8 Å². The van der Waals surface area contributed by atoms with Gasteiger partial charge in [0.05, 0.1) is 12.1 Å². The van der Waals surface area contributed by atoms with E-state index in [4.69, 9.17) is 0 Å². The van der Waals surface area contributed by atoms with Crippen LogP contribution in [0.4, 0.5) is 0 Å². The number of carbonyl (C=O) groups is 2. The Balaban J connectivity index is 1.67. The normalized spacial score (nSPS) is 16.0. The van der Waals surface area contributed by atoms with Crippen LogP contribution in [0, 0.1) is 0 Å². The van der Waals surface area contributed by atoms with Crippen LogP contribution in [0.25, 0.3) is 0 Å². The van der Waals surface area contributed by atoms with E-state index in [1.54, 1.807) is 11.8 Å². The Labute approximate surface area is 165 Å². The summed E-state index contributed by atoms with van der Waals surface area (Å²) in [6, 6.07) is 20.8. The summed E-state index contributed by atoms with van der Waals surface area (Å²) < 4.78 is 0. The molecule has 0 aromatic heterocycles. The van der Waals surface area contributed by atoms with Gasteiger partial charge in [0.1, 0.15) is 0 Å². The molecule has 0 spiro atoms. The van der Waals surface area contributed by atoms with Gasteiger partial charge in [0.25, 0.3) is 0 Å². The van der Waals surface area contributed by atoms with Gasteiger partial charge in [-0.15, -0.1) is 0 Å². The van der Waals surface area contributed by atoms with E-state index in [-0.39, 0.29) is 12.6 Å². The van der Waals surface area contributed by atoms with Crippen molar-refractivity contribution < 1.29 is 14.7 Å². The van der Waals surface area contributed by atoms with Crippen molar-refractivity contribution in [3.8, 4) is 0 Å². The molecule has 1 aliphatic rings. The van der Waals surface area contributed by atoms with E-state index in [1.165, 1.54) is 11.1 Å². The molecule has 2 aromatic carbocycles. The summed E-state index contributed by atoms with van der Waals surface area (Å²) in [6.45, 7) is 4.01. The first-order valence-electron chi connectivity index (χ1n) is 9.65. The SMILES string of the molecule is CC(O)CNC(=O)C(=O)N1CCN(C(c2ccccc2)c2ccccc2)CC1. The first-order valence-corrected chi connectivity index (χ1v) is 9.65. The third kappa shape index (κ3) is 4.97. The number of hydrogen-bond acceptors (Lipinski definition) is 4. The Bertz CT molecular complexity index is 733. The molecule has 1 heterocycles. The zero-order valence-electron chi connectivity index (χ0n) is 16.1. The lowest BCUT2D eigenvalue weighted by atomic mass is 9.96. The number of rotatable bonds is 5. The second-order valence-corrected chi connectivity index (χ2v) is 7.11. The maximum absolute atomic E-state index is 12.3. The van der Waals surface area contributed by atoms with Crippen LogP contribution in [0.2, 0.25) is 0 Å². The van der Waals surface area contributed by atoms with Crippen molar-refractivity contribution in [1.29, 1.82) is 0 Å². The molecule has 2 aromatic rings. The summed E-state index contributed by atoms with van der Waals surface area (Å²) >= 11 is 0. The molecule has 2 N–H and O–H groups in total. The predicted octanol–water partition coefficient (Wildman–Crippen LogP) is 1.42. The van der Waals surface area contributed by atoms with Crippen molar-refractivity contribution in [2.24, 2.45) is 0 Å². The van der Waals surface area contributed by atoms with E-state index < -0.39 is 17.9 Å². The zero-order chi connectivity index (χ0) is 19.9. The first-order chi connectivity index (χ1) is 13.6. The molecule has 3 rings (SSSR count). The summed E-state index contributed by atoms with van der Waals surface area (Å²) in [5.41, 5.74) is 2.42. The van der Waals surface area contributed by atoms with Gasteiger partial charge in [-0.2, -0.15) is 0 Å². The van der Waals surface area contributed by atoms with Crippen molar-refractivity contribution in [3.63, 3.8) is 0 Å². The Kier molecular flexibility index (Phi) is 6.79. The van der Waals surface area contributed by atoms with Crippen LogP contribution in [0.1, 0.15) is 24.1 Å². The average Bonchev–Trinajstić information content (AvgIpc) is 2.74. The molecule has 1 atom stereocenters. The Morgan fingerprint density at radius 2 is 1.43 bits per heavy atom. The molecule has 1 aliphatic heterocycles. The van der Waals surface area contributed by atoms with Gasteiger partial charge >= 0.3 is 11.8 Å². The van der Waals surface area contributed by atoms with E-state index in [1.807, 2.05) is 36.4 Å². The Morgan fingerprint density at radius 3 is 1.89 bits per heavy atom. The molecular weight excluding hydrogens is 354 g/mol. The highest BCUT2D eigenvalue weighted by Crippen LogP contribution is 2.29. The van der Waals surface area contributed by atoms with Crippen LogP contribution in [0.5, 0.6) is 0 Å². The standard InChI is InChI=1S/C22H27N3O3/c1-17(26)16-23-21(27)22(28)25-14-12-24(13-15-25)20(18-8-4-2-5-9-18)19-10-6-3-7-11-19/h2-11,17,20,26H,12-16H2,1H3,(H,23,27). The Hall–Kier alpha value is -2.70. The van der Waals surface area contributed by atoms with Crippen LogP contribution in [0.15, 0.2) is 60.7 Å². The number of nitrogens with one attached hydrogen (secondary N) is 1. The van der Waals surface area contributed by atoms with E-state index in [0.29, 0.717) is 26.2 Å². The van der Waals surface area contributed by atoms with E-state index >= 15 is 0 Å². The summed E-state index contributed by atoms with van der Waals surface area (Å²) in [4.78, 5) is 28.3. The minimum Gasteiger partial charge on any atom is -0.392 e. The van der Waals surface area contributed by atoms with Gasteiger partial charge in [-0.05, 0) is 18.1 Å². The van der Waals surface area contributed by atoms with Gasteiger partial charge in [0, 0.05) is 32.7 Å². The van der Waals surface area contributed by atoms with Crippen LogP contribution in [-0.4, -0.2) is 65.5 Å². The molecule has 1 unspecified atom stereocenters. The lowest BCUT2D eigenvalue weighted by Crippen LogP contribution is -2.53. The van der Waals surface area contributed by atoms with E-state index in [0.717, 1.165) is 0 Å².